The van der Waals surface area contributed by atoms with Gasteiger partial charge < -0.3 is 5.11 Å². The van der Waals surface area contributed by atoms with E-state index in [2.05, 4.69) is 20.2 Å². The number of carboxylic acid groups (broad SMARTS) is 1. The highest BCUT2D eigenvalue weighted by Crippen LogP contribution is 2.26. The molecule has 3 rings (SSSR count). The van der Waals surface area contributed by atoms with Gasteiger partial charge in [0.15, 0.2) is 11.3 Å². The first-order chi connectivity index (χ1) is 9.25. The average molecular weight is 273 g/mol. The number of nitrogens with zero attached hydrogens (tertiary/aromatic N) is 5. The van der Waals surface area contributed by atoms with E-state index < -0.39 is 5.97 Å². The molecule has 3 aromatic heterocycles. The third-order valence-electron chi connectivity index (χ3n) is 2.34. The zero-order valence-electron chi connectivity index (χ0n) is 9.46. The summed E-state index contributed by atoms with van der Waals surface area (Å²) in [5.41, 5.74) is 0.589. The monoisotopic (exact) mass is 273 g/mol. The van der Waals surface area contributed by atoms with E-state index in [1.54, 1.807) is 10.6 Å². The fourth-order valence-electron chi connectivity index (χ4n) is 1.52. The lowest BCUT2D eigenvalue weighted by Gasteiger charge is -2.01. The second kappa shape index (κ2) is 4.65. The predicted octanol–water partition coefficient (Wildman–Crippen LogP) is 1.37. The Balaban J connectivity index is 2.04. The van der Waals surface area contributed by atoms with Crippen LogP contribution >= 0.6 is 11.8 Å². The molecule has 0 unspecified atom stereocenters. The van der Waals surface area contributed by atoms with Crippen LogP contribution in [0.2, 0.25) is 0 Å². The molecular formula is C11H7N5O2S. The number of fused-ring (bicyclic) bond motifs is 1. The molecular weight excluding hydrogens is 266 g/mol. The van der Waals surface area contributed by atoms with Crippen molar-refractivity contribution in [3.8, 4) is 0 Å². The lowest BCUT2D eigenvalue weighted by Crippen LogP contribution is -2.04. The number of carbonyl (C=O) groups is 1. The van der Waals surface area contributed by atoms with Crippen LogP contribution in [0.1, 0.15) is 10.5 Å². The van der Waals surface area contributed by atoms with E-state index in [4.69, 9.17) is 5.11 Å². The van der Waals surface area contributed by atoms with Crippen LogP contribution in [0, 0.1) is 0 Å². The Bertz CT molecular complexity index is 757. The Hall–Kier alpha value is -2.48. The van der Waals surface area contributed by atoms with Crippen molar-refractivity contribution in [2.24, 2.45) is 0 Å². The van der Waals surface area contributed by atoms with E-state index in [0.29, 0.717) is 10.8 Å². The van der Waals surface area contributed by atoms with Crippen LogP contribution in [-0.4, -0.2) is 35.6 Å². The zero-order valence-corrected chi connectivity index (χ0v) is 10.3. The van der Waals surface area contributed by atoms with Gasteiger partial charge in [-0.3, -0.25) is 4.40 Å². The number of hydrogen-bond acceptors (Lipinski definition) is 6. The van der Waals surface area contributed by atoms with Crippen molar-refractivity contribution in [3.63, 3.8) is 0 Å². The summed E-state index contributed by atoms with van der Waals surface area (Å²) in [6, 6.07) is 5.50. The second-order valence-corrected chi connectivity index (χ2v) is 4.48. The third-order valence-corrected chi connectivity index (χ3v) is 3.29. The molecule has 0 aliphatic carbocycles. The Morgan fingerprint density at radius 1 is 1.21 bits per heavy atom. The standard InChI is InChI=1S/C11H7N5O2S/c17-10(18)8-9(13-5-4-12-8)19-11-15-14-7-3-1-2-6-16(7)11/h1-6H,(H,17,18). The van der Waals surface area contributed by atoms with Crippen LogP contribution in [0.15, 0.2) is 47.0 Å². The van der Waals surface area contributed by atoms with Crippen molar-refractivity contribution in [3.05, 3.63) is 42.5 Å². The number of rotatable bonds is 3. The number of hydrogen-bond donors (Lipinski definition) is 1. The Morgan fingerprint density at radius 3 is 2.89 bits per heavy atom. The first-order valence-corrected chi connectivity index (χ1v) is 6.09. The molecule has 7 nitrogen and oxygen atoms in total. The molecule has 0 amide bonds. The van der Waals surface area contributed by atoms with Crippen molar-refractivity contribution in [2.75, 3.05) is 0 Å². The van der Waals surface area contributed by atoms with Gasteiger partial charge in [-0.15, -0.1) is 10.2 Å². The van der Waals surface area contributed by atoms with Gasteiger partial charge in [0.25, 0.3) is 0 Å². The summed E-state index contributed by atoms with van der Waals surface area (Å²) in [5, 5.41) is 17.9. The van der Waals surface area contributed by atoms with Crippen molar-refractivity contribution < 1.29 is 9.90 Å². The van der Waals surface area contributed by atoms with Gasteiger partial charge in [-0.25, -0.2) is 14.8 Å². The van der Waals surface area contributed by atoms with Gasteiger partial charge in [-0.1, -0.05) is 6.07 Å². The van der Waals surface area contributed by atoms with Gasteiger partial charge in [0.05, 0.1) is 0 Å². The molecule has 8 heteroatoms. The molecule has 0 aliphatic rings. The molecule has 3 aromatic rings. The van der Waals surface area contributed by atoms with E-state index in [1.807, 2.05) is 18.2 Å². The van der Waals surface area contributed by atoms with Gasteiger partial charge in [0.2, 0.25) is 5.16 Å². The number of carboxylic acids is 1. The Labute approximate surface area is 111 Å². The summed E-state index contributed by atoms with van der Waals surface area (Å²) >= 11 is 1.11. The molecule has 0 aliphatic heterocycles. The van der Waals surface area contributed by atoms with E-state index in [1.165, 1.54) is 12.4 Å². The molecule has 0 aromatic carbocycles. The third kappa shape index (κ3) is 2.13. The summed E-state index contributed by atoms with van der Waals surface area (Å²) in [4.78, 5) is 18.9. The van der Waals surface area contributed by atoms with Crippen LogP contribution in [0.3, 0.4) is 0 Å². The molecule has 0 saturated heterocycles. The van der Waals surface area contributed by atoms with Gasteiger partial charge in [-0.05, 0) is 23.9 Å². The highest BCUT2D eigenvalue weighted by atomic mass is 32.2. The maximum absolute atomic E-state index is 11.1. The largest absolute Gasteiger partial charge is 0.476 e. The molecule has 0 bridgehead atoms. The normalized spacial score (nSPS) is 10.7. The maximum Gasteiger partial charge on any atom is 0.357 e. The molecule has 0 fully saturated rings. The topological polar surface area (TPSA) is 93.3 Å². The van der Waals surface area contributed by atoms with Crippen LogP contribution in [0.5, 0.6) is 0 Å². The minimum atomic E-state index is -1.12. The minimum absolute atomic E-state index is 0.0971. The molecule has 3 heterocycles. The first kappa shape index (κ1) is 11.6. The molecule has 0 atom stereocenters. The van der Waals surface area contributed by atoms with Crippen molar-refractivity contribution in [1.82, 2.24) is 24.6 Å². The molecule has 0 saturated carbocycles. The minimum Gasteiger partial charge on any atom is -0.476 e. The van der Waals surface area contributed by atoms with Crippen LogP contribution in [-0.2, 0) is 0 Å². The SMILES string of the molecule is O=C(O)c1nccnc1Sc1nnc2ccccn12. The van der Waals surface area contributed by atoms with Crippen molar-refractivity contribution in [2.45, 2.75) is 10.2 Å². The summed E-state index contributed by atoms with van der Waals surface area (Å²) in [5.74, 6) is -1.12. The van der Waals surface area contributed by atoms with E-state index in [9.17, 15) is 4.79 Å². The Morgan fingerprint density at radius 2 is 2.05 bits per heavy atom. The van der Waals surface area contributed by atoms with Crippen LogP contribution in [0.4, 0.5) is 0 Å². The fourth-order valence-corrected chi connectivity index (χ4v) is 2.38. The summed E-state index contributed by atoms with van der Waals surface area (Å²) in [7, 11) is 0. The number of aromatic carboxylic acids is 1. The number of aromatic nitrogens is 5. The molecule has 0 spiro atoms. The molecule has 19 heavy (non-hydrogen) atoms. The van der Waals surface area contributed by atoms with E-state index >= 15 is 0 Å². The summed E-state index contributed by atoms with van der Waals surface area (Å²) < 4.78 is 1.75. The quantitative estimate of drug-likeness (QED) is 0.770. The Kier molecular flexibility index (Phi) is 2.84. The lowest BCUT2D eigenvalue weighted by atomic mass is 10.5. The van der Waals surface area contributed by atoms with E-state index in [0.717, 1.165) is 11.8 Å². The van der Waals surface area contributed by atoms with Crippen molar-refractivity contribution in [1.29, 1.82) is 0 Å². The molecule has 94 valence electrons. The van der Waals surface area contributed by atoms with Gasteiger partial charge in [0, 0.05) is 18.6 Å². The summed E-state index contributed by atoms with van der Waals surface area (Å²) in [6.07, 6.45) is 4.59. The smallest absolute Gasteiger partial charge is 0.357 e. The first-order valence-electron chi connectivity index (χ1n) is 5.27. The molecule has 1 N–H and O–H groups in total. The highest BCUT2D eigenvalue weighted by molar-refractivity contribution is 7.99. The predicted molar refractivity (Wildman–Crippen MR) is 66.1 cm³/mol. The van der Waals surface area contributed by atoms with Crippen molar-refractivity contribution >= 4 is 23.4 Å². The lowest BCUT2D eigenvalue weighted by molar-refractivity contribution is 0.0685. The average Bonchev–Trinajstić information content (AvgIpc) is 2.83. The molecule has 0 radical (unpaired) electrons. The van der Waals surface area contributed by atoms with Gasteiger partial charge in [-0.2, -0.15) is 0 Å². The fraction of sp³-hybridized carbons (Fsp3) is 0. The second-order valence-electron chi connectivity index (χ2n) is 3.53. The number of pyridine rings is 1. The zero-order chi connectivity index (χ0) is 13.2. The van der Waals surface area contributed by atoms with Crippen LogP contribution < -0.4 is 0 Å². The van der Waals surface area contributed by atoms with E-state index in [-0.39, 0.29) is 10.7 Å². The van der Waals surface area contributed by atoms with Gasteiger partial charge in [0.1, 0.15) is 5.03 Å². The van der Waals surface area contributed by atoms with Gasteiger partial charge >= 0.3 is 5.97 Å². The maximum atomic E-state index is 11.1. The highest BCUT2D eigenvalue weighted by Gasteiger charge is 2.16. The van der Waals surface area contributed by atoms with Crippen LogP contribution in [0.25, 0.3) is 5.65 Å². The summed E-state index contributed by atoms with van der Waals surface area (Å²) in [6.45, 7) is 0.